The van der Waals surface area contributed by atoms with Crippen molar-refractivity contribution >= 4 is 5.91 Å². The van der Waals surface area contributed by atoms with Crippen LogP contribution >= 0.6 is 0 Å². The minimum absolute atomic E-state index is 0.218. The molecule has 0 saturated carbocycles. The number of carbonyl (C=O) groups is 1. The van der Waals surface area contributed by atoms with Crippen LogP contribution in [0.2, 0.25) is 0 Å². The number of nitrogens with zero attached hydrogens (tertiary/aromatic N) is 3. The maximum absolute atomic E-state index is 12.3. The van der Waals surface area contributed by atoms with Crippen molar-refractivity contribution in [2.75, 3.05) is 26.7 Å². The van der Waals surface area contributed by atoms with Gasteiger partial charge >= 0.3 is 0 Å². The van der Waals surface area contributed by atoms with E-state index in [1.807, 2.05) is 17.9 Å². The van der Waals surface area contributed by atoms with Gasteiger partial charge in [-0.1, -0.05) is 6.07 Å². The van der Waals surface area contributed by atoms with Gasteiger partial charge in [0.15, 0.2) is 0 Å². The minimum atomic E-state index is 0.218. The van der Waals surface area contributed by atoms with E-state index >= 15 is 0 Å². The Balaban J connectivity index is 1.71. The van der Waals surface area contributed by atoms with Crippen LogP contribution in [0.25, 0.3) is 0 Å². The highest BCUT2D eigenvalue weighted by Gasteiger charge is 2.34. The lowest BCUT2D eigenvalue weighted by Crippen LogP contribution is -2.53. The fraction of sp³-hybridized carbons (Fsp3) is 0.571. The number of carbonyl (C=O) groups excluding carboxylic acids is 1. The van der Waals surface area contributed by atoms with Gasteiger partial charge in [-0.25, -0.2) is 0 Å². The van der Waals surface area contributed by atoms with Crippen LogP contribution in [-0.2, 0) is 17.8 Å². The number of fused-ring (bicyclic) bond motifs is 1. The van der Waals surface area contributed by atoms with E-state index < -0.39 is 0 Å². The second-order valence-electron chi connectivity index (χ2n) is 5.49. The number of likely N-dealkylation sites (tertiary alicyclic amines) is 1. The molecule has 1 amide bonds. The molecule has 1 aromatic heterocycles. The summed E-state index contributed by atoms with van der Waals surface area (Å²) < 4.78 is 0. The molecule has 2 aliphatic heterocycles. The van der Waals surface area contributed by atoms with Crippen molar-refractivity contribution in [2.24, 2.45) is 5.92 Å². The number of rotatable bonds is 1. The molecule has 4 nitrogen and oxygen atoms in total. The summed E-state index contributed by atoms with van der Waals surface area (Å²) in [5.74, 6) is 0.536. The molecular weight excluding hydrogens is 226 g/mol. The molecule has 4 heteroatoms. The zero-order valence-corrected chi connectivity index (χ0v) is 11.0. The Morgan fingerprint density at radius 3 is 2.89 bits per heavy atom. The zero-order chi connectivity index (χ0) is 12.7. The predicted octanol–water partition coefficient (Wildman–Crippen LogP) is 0.836. The lowest BCUT2D eigenvalue weighted by Gasteiger charge is -2.39. The van der Waals surface area contributed by atoms with Crippen molar-refractivity contribution in [3.8, 4) is 0 Å². The molecule has 0 N–H and O–H groups in total. The predicted molar refractivity (Wildman–Crippen MR) is 69.1 cm³/mol. The Bertz CT molecular complexity index is 480. The number of aryl methyl sites for hydroxylation is 1. The van der Waals surface area contributed by atoms with Gasteiger partial charge in [0, 0.05) is 44.0 Å². The standard InChI is InChI=1S/C14H19N3O/c1-10-3-4-11-9-17(6-5-13(11)15-10)14(18)12-7-16(2)8-12/h3-4,12H,5-9H2,1-2H3. The minimum Gasteiger partial charge on any atom is -0.338 e. The Morgan fingerprint density at radius 2 is 2.17 bits per heavy atom. The molecule has 2 aliphatic rings. The largest absolute Gasteiger partial charge is 0.338 e. The van der Waals surface area contributed by atoms with Crippen LogP contribution in [-0.4, -0.2) is 47.4 Å². The molecule has 96 valence electrons. The summed E-state index contributed by atoms with van der Waals surface area (Å²) in [4.78, 5) is 21.0. The van der Waals surface area contributed by atoms with Gasteiger partial charge in [0.25, 0.3) is 0 Å². The summed E-state index contributed by atoms with van der Waals surface area (Å²) in [6, 6.07) is 4.15. The molecule has 1 saturated heterocycles. The van der Waals surface area contributed by atoms with Gasteiger partial charge in [-0.15, -0.1) is 0 Å². The second-order valence-corrected chi connectivity index (χ2v) is 5.49. The number of hydrogen-bond donors (Lipinski definition) is 0. The van der Waals surface area contributed by atoms with Gasteiger partial charge in [0.1, 0.15) is 0 Å². The average Bonchev–Trinajstić information content (AvgIpc) is 2.33. The highest BCUT2D eigenvalue weighted by Crippen LogP contribution is 2.22. The normalized spacial score (nSPS) is 20.4. The van der Waals surface area contributed by atoms with Crippen molar-refractivity contribution in [1.29, 1.82) is 0 Å². The quantitative estimate of drug-likeness (QED) is 0.735. The maximum atomic E-state index is 12.3. The molecule has 1 aromatic rings. The molecule has 0 bridgehead atoms. The van der Waals surface area contributed by atoms with Gasteiger partial charge in [-0.3, -0.25) is 9.78 Å². The van der Waals surface area contributed by atoms with Crippen LogP contribution in [0.1, 0.15) is 17.0 Å². The van der Waals surface area contributed by atoms with Crippen LogP contribution < -0.4 is 0 Å². The molecule has 0 spiro atoms. The van der Waals surface area contributed by atoms with E-state index in [0.717, 1.165) is 38.3 Å². The highest BCUT2D eigenvalue weighted by atomic mass is 16.2. The first-order chi connectivity index (χ1) is 8.63. The third kappa shape index (κ3) is 2.01. The molecule has 18 heavy (non-hydrogen) atoms. The zero-order valence-electron chi connectivity index (χ0n) is 11.0. The number of amides is 1. The summed E-state index contributed by atoms with van der Waals surface area (Å²) in [6.45, 7) is 5.40. The first-order valence-corrected chi connectivity index (χ1v) is 6.56. The Labute approximate surface area is 108 Å². The van der Waals surface area contributed by atoms with Crippen molar-refractivity contribution in [2.45, 2.75) is 19.9 Å². The van der Waals surface area contributed by atoms with E-state index in [-0.39, 0.29) is 5.92 Å². The van der Waals surface area contributed by atoms with E-state index in [1.165, 1.54) is 11.3 Å². The van der Waals surface area contributed by atoms with Gasteiger partial charge < -0.3 is 9.80 Å². The fourth-order valence-electron chi connectivity index (χ4n) is 2.83. The van der Waals surface area contributed by atoms with Crippen molar-refractivity contribution in [3.05, 3.63) is 29.1 Å². The number of aromatic nitrogens is 1. The first kappa shape index (κ1) is 11.7. The third-order valence-electron chi connectivity index (χ3n) is 3.91. The van der Waals surface area contributed by atoms with Crippen molar-refractivity contribution in [3.63, 3.8) is 0 Å². The van der Waals surface area contributed by atoms with E-state index in [4.69, 9.17) is 0 Å². The number of pyridine rings is 1. The van der Waals surface area contributed by atoms with Crippen LogP contribution in [0, 0.1) is 12.8 Å². The topological polar surface area (TPSA) is 36.4 Å². The van der Waals surface area contributed by atoms with Gasteiger partial charge in [0.2, 0.25) is 5.91 Å². The van der Waals surface area contributed by atoms with Gasteiger partial charge in [-0.2, -0.15) is 0 Å². The van der Waals surface area contributed by atoms with Crippen LogP contribution in [0.15, 0.2) is 12.1 Å². The molecule has 3 heterocycles. The molecule has 1 fully saturated rings. The van der Waals surface area contributed by atoms with Gasteiger partial charge in [0.05, 0.1) is 5.92 Å². The SMILES string of the molecule is Cc1ccc2c(n1)CCN(C(=O)C1CN(C)C1)C2. The monoisotopic (exact) mass is 245 g/mol. The lowest BCUT2D eigenvalue weighted by atomic mass is 9.97. The Morgan fingerprint density at radius 1 is 1.39 bits per heavy atom. The van der Waals surface area contributed by atoms with Crippen LogP contribution in [0.5, 0.6) is 0 Å². The number of hydrogen-bond acceptors (Lipinski definition) is 3. The van der Waals surface area contributed by atoms with Crippen molar-refractivity contribution < 1.29 is 4.79 Å². The summed E-state index contributed by atoms with van der Waals surface area (Å²) in [6.07, 6.45) is 0.894. The van der Waals surface area contributed by atoms with E-state index in [0.29, 0.717) is 5.91 Å². The second kappa shape index (κ2) is 4.35. The molecule has 0 aromatic carbocycles. The highest BCUT2D eigenvalue weighted by molar-refractivity contribution is 5.80. The lowest BCUT2D eigenvalue weighted by molar-refractivity contribution is -0.141. The fourth-order valence-corrected chi connectivity index (χ4v) is 2.83. The summed E-state index contributed by atoms with van der Waals surface area (Å²) >= 11 is 0. The van der Waals surface area contributed by atoms with Crippen LogP contribution in [0.4, 0.5) is 0 Å². The van der Waals surface area contributed by atoms with Crippen molar-refractivity contribution in [1.82, 2.24) is 14.8 Å². The summed E-state index contributed by atoms with van der Waals surface area (Å²) in [7, 11) is 2.06. The molecular formula is C14H19N3O. The first-order valence-electron chi connectivity index (χ1n) is 6.56. The Kier molecular flexibility index (Phi) is 2.82. The Hall–Kier alpha value is -1.42. The van der Waals surface area contributed by atoms with E-state index in [2.05, 4.69) is 23.0 Å². The third-order valence-corrected chi connectivity index (χ3v) is 3.91. The van der Waals surface area contributed by atoms with Gasteiger partial charge in [-0.05, 0) is 25.6 Å². The van der Waals surface area contributed by atoms with Crippen LogP contribution in [0.3, 0.4) is 0 Å². The molecule has 0 unspecified atom stereocenters. The molecule has 0 aliphatic carbocycles. The van der Waals surface area contributed by atoms with E-state index in [1.54, 1.807) is 0 Å². The summed E-state index contributed by atoms with van der Waals surface area (Å²) in [5, 5.41) is 0. The maximum Gasteiger partial charge on any atom is 0.228 e. The molecule has 0 atom stereocenters. The smallest absolute Gasteiger partial charge is 0.228 e. The molecule has 3 rings (SSSR count). The summed E-state index contributed by atoms with van der Waals surface area (Å²) in [5.41, 5.74) is 3.45. The van der Waals surface area contributed by atoms with E-state index in [9.17, 15) is 4.79 Å². The molecule has 0 radical (unpaired) electrons. The average molecular weight is 245 g/mol.